The Bertz CT molecular complexity index is 633. The SMILES string of the molecule is OC[C@H](CN[C@@H]1CCCc2ccc(F)cc21)Cc1ccccn1. The molecular formula is C19H23FN2O. The molecule has 3 nitrogen and oxygen atoms in total. The Balaban J connectivity index is 1.62. The van der Waals surface area contributed by atoms with E-state index in [0.717, 1.165) is 36.9 Å². The van der Waals surface area contributed by atoms with Crippen molar-refractivity contribution in [3.8, 4) is 0 Å². The molecule has 2 atom stereocenters. The van der Waals surface area contributed by atoms with E-state index in [1.807, 2.05) is 24.3 Å². The van der Waals surface area contributed by atoms with Crippen molar-refractivity contribution in [2.75, 3.05) is 13.2 Å². The highest BCUT2D eigenvalue weighted by atomic mass is 19.1. The van der Waals surface area contributed by atoms with Gasteiger partial charge in [0.15, 0.2) is 0 Å². The summed E-state index contributed by atoms with van der Waals surface area (Å²) in [5, 5.41) is 13.2. The number of fused-ring (bicyclic) bond motifs is 1. The van der Waals surface area contributed by atoms with Crippen molar-refractivity contribution < 1.29 is 9.50 Å². The molecule has 1 aromatic carbocycles. The van der Waals surface area contributed by atoms with E-state index in [1.165, 1.54) is 5.56 Å². The van der Waals surface area contributed by atoms with Gasteiger partial charge in [-0.3, -0.25) is 4.98 Å². The predicted octanol–water partition coefficient (Wildman–Crippen LogP) is 3.04. The summed E-state index contributed by atoms with van der Waals surface area (Å²) in [7, 11) is 0. The van der Waals surface area contributed by atoms with E-state index < -0.39 is 0 Å². The lowest BCUT2D eigenvalue weighted by Gasteiger charge is -2.28. The summed E-state index contributed by atoms with van der Waals surface area (Å²) in [6, 6.07) is 11.1. The molecular weight excluding hydrogens is 291 g/mol. The van der Waals surface area contributed by atoms with Crippen molar-refractivity contribution >= 4 is 0 Å². The second kappa shape index (κ2) is 7.66. The molecule has 0 amide bonds. The average molecular weight is 314 g/mol. The van der Waals surface area contributed by atoms with Crippen LogP contribution < -0.4 is 5.32 Å². The summed E-state index contributed by atoms with van der Waals surface area (Å²) in [5.74, 6) is -0.0616. The van der Waals surface area contributed by atoms with E-state index in [1.54, 1.807) is 18.3 Å². The summed E-state index contributed by atoms with van der Waals surface area (Å²) >= 11 is 0. The van der Waals surface area contributed by atoms with Crippen LogP contribution in [-0.2, 0) is 12.8 Å². The molecule has 2 aromatic rings. The first kappa shape index (κ1) is 16.1. The summed E-state index contributed by atoms with van der Waals surface area (Å²) in [5.41, 5.74) is 3.30. The van der Waals surface area contributed by atoms with Crippen LogP contribution in [0.2, 0.25) is 0 Å². The zero-order chi connectivity index (χ0) is 16.1. The lowest BCUT2D eigenvalue weighted by Crippen LogP contribution is -2.32. The number of nitrogens with one attached hydrogen (secondary N) is 1. The van der Waals surface area contributed by atoms with Gasteiger partial charge in [0.1, 0.15) is 5.82 Å². The smallest absolute Gasteiger partial charge is 0.123 e. The van der Waals surface area contributed by atoms with Gasteiger partial charge in [0.25, 0.3) is 0 Å². The number of hydrogen-bond acceptors (Lipinski definition) is 3. The minimum Gasteiger partial charge on any atom is -0.396 e. The number of rotatable bonds is 6. The fourth-order valence-corrected chi connectivity index (χ4v) is 3.31. The van der Waals surface area contributed by atoms with Crippen LogP contribution in [0.5, 0.6) is 0 Å². The second-order valence-electron chi connectivity index (χ2n) is 6.27. The molecule has 23 heavy (non-hydrogen) atoms. The van der Waals surface area contributed by atoms with Crippen molar-refractivity contribution in [2.45, 2.75) is 31.7 Å². The number of aliphatic hydroxyl groups excluding tert-OH is 1. The molecule has 0 fully saturated rings. The highest BCUT2D eigenvalue weighted by molar-refractivity contribution is 5.32. The molecule has 2 N–H and O–H groups in total. The zero-order valence-corrected chi connectivity index (χ0v) is 13.2. The molecule has 122 valence electrons. The molecule has 0 bridgehead atoms. The van der Waals surface area contributed by atoms with Gasteiger partial charge in [-0.25, -0.2) is 4.39 Å². The number of aliphatic hydroxyl groups is 1. The van der Waals surface area contributed by atoms with E-state index in [2.05, 4.69) is 10.3 Å². The fraction of sp³-hybridized carbons (Fsp3) is 0.421. The topological polar surface area (TPSA) is 45.1 Å². The van der Waals surface area contributed by atoms with Crippen molar-refractivity contribution in [1.29, 1.82) is 0 Å². The van der Waals surface area contributed by atoms with E-state index in [-0.39, 0.29) is 24.4 Å². The number of pyridine rings is 1. The molecule has 0 saturated heterocycles. The third kappa shape index (κ3) is 4.15. The van der Waals surface area contributed by atoms with Crippen molar-refractivity contribution in [2.24, 2.45) is 5.92 Å². The van der Waals surface area contributed by atoms with Crippen molar-refractivity contribution in [1.82, 2.24) is 10.3 Å². The number of nitrogens with zero attached hydrogens (tertiary/aromatic N) is 1. The van der Waals surface area contributed by atoms with Gasteiger partial charge in [0.2, 0.25) is 0 Å². The highest BCUT2D eigenvalue weighted by Gasteiger charge is 2.21. The Morgan fingerprint density at radius 2 is 2.22 bits per heavy atom. The number of hydrogen-bond donors (Lipinski definition) is 2. The van der Waals surface area contributed by atoms with Crippen LogP contribution in [0.25, 0.3) is 0 Å². The minimum atomic E-state index is -0.176. The molecule has 3 rings (SSSR count). The van der Waals surface area contributed by atoms with E-state index in [9.17, 15) is 9.50 Å². The lowest BCUT2D eigenvalue weighted by molar-refractivity contribution is 0.215. The maximum absolute atomic E-state index is 13.5. The molecule has 1 aliphatic carbocycles. The Labute approximate surface area is 136 Å². The van der Waals surface area contributed by atoms with Crippen LogP contribution in [0, 0.1) is 11.7 Å². The monoisotopic (exact) mass is 314 g/mol. The molecule has 0 saturated carbocycles. The molecule has 1 aliphatic rings. The van der Waals surface area contributed by atoms with Gasteiger partial charge < -0.3 is 10.4 Å². The third-order valence-corrected chi connectivity index (χ3v) is 4.56. The number of halogens is 1. The lowest BCUT2D eigenvalue weighted by atomic mass is 9.87. The Morgan fingerprint density at radius 1 is 1.30 bits per heavy atom. The van der Waals surface area contributed by atoms with Gasteiger partial charge in [0, 0.05) is 31.1 Å². The molecule has 0 unspecified atom stereocenters. The number of aryl methyl sites for hydroxylation is 1. The molecule has 0 spiro atoms. The Kier molecular flexibility index (Phi) is 5.36. The van der Waals surface area contributed by atoms with Gasteiger partial charge in [-0.15, -0.1) is 0 Å². The van der Waals surface area contributed by atoms with Gasteiger partial charge >= 0.3 is 0 Å². The van der Waals surface area contributed by atoms with Gasteiger partial charge in [-0.2, -0.15) is 0 Å². The maximum Gasteiger partial charge on any atom is 0.123 e. The van der Waals surface area contributed by atoms with Crippen molar-refractivity contribution in [3.05, 3.63) is 65.2 Å². The minimum absolute atomic E-state index is 0.115. The molecule has 4 heteroatoms. The fourth-order valence-electron chi connectivity index (χ4n) is 3.31. The normalized spacial score (nSPS) is 18.4. The Hall–Kier alpha value is -1.78. The van der Waals surface area contributed by atoms with Gasteiger partial charge in [-0.1, -0.05) is 12.1 Å². The van der Waals surface area contributed by atoms with Crippen molar-refractivity contribution in [3.63, 3.8) is 0 Å². The van der Waals surface area contributed by atoms with E-state index in [4.69, 9.17) is 0 Å². The Morgan fingerprint density at radius 3 is 3.00 bits per heavy atom. The van der Waals surface area contributed by atoms with Crippen LogP contribution in [0.1, 0.15) is 35.7 Å². The standard InChI is InChI=1S/C19H23FN2O/c20-16-8-7-15-4-3-6-19(18(15)11-16)22-12-14(13-23)10-17-5-1-2-9-21-17/h1-2,5,7-9,11,14,19,22-23H,3-4,6,10,12-13H2/t14-,19+/m0/s1. The van der Waals surface area contributed by atoms with E-state index in [0.29, 0.717) is 6.54 Å². The maximum atomic E-state index is 13.5. The number of aromatic nitrogens is 1. The van der Waals surface area contributed by atoms with E-state index >= 15 is 0 Å². The largest absolute Gasteiger partial charge is 0.396 e. The first-order valence-electron chi connectivity index (χ1n) is 8.28. The highest BCUT2D eigenvalue weighted by Crippen LogP contribution is 2.30. The summed E-state index contributed by atoms with van der Waals surface area (Å²) in [4.78, 5) is 4.32. The zero-order valence-electron chi connectivity index (χ0n) is 13.2. The second-order valence-corrected chi connectivity index (χ2v) is 6.27. The third-order valence-electron chi connectivity index (χ3n) is 4.56. The quantitative estimate of drug-likeness (QED) is 0.861. The molecule has 0 radical (unpaired) electrons. The first-order chi connectivity index (χ1) is 11.3. The van der Waals surface area contributed by atoms with Crippen LogP contribution in [-0.4, -0.2) is 23.2 Å². The molecule has 1 heterocycles. The summed E-state index contributed by atoms with van der Waals surface area (Å²) in [6.07, 6.45) is 5.66. The molecule has 0 aliphatic heterocycles. The summed E-state index contributed by atoms with van der Waals surface area (Å²) in [6.45, 7) is 0.819. The van der Waals surface area contributed by atoms with Crippen LogP contribution in [0.15, 0.2) is 42.6 Å². The number of benzene rings is 1. The average Bonchev–Trinajstić information content (AvgIpc) is 2.59. The van der Waals surface area contributed by atoms with Crippen LogP contribution >= 0.6 is 0 Å². The van der Waals surface area contributed by atoms with Crippen LogP contribution in [0.4, 0.5) is 4.39 Å². The van der Waals surface area contributed by atoms with Gasteiger partial charge in [0.05, 0.1) is 0 Å². The molecule has 1 aromatic heterocycles. The first-order valence-corrected chi connectivity index (χ1v) is 8.28. The summed E-state index contributed by atoms with van der Waals surface area (Å²) < 4.78 is 13.5. The van der Waals surface area contributed by atoms with Gasteiger partial charge in [-0.05, 0) is 67.0 Å². The van der Waals surface area contributed by atoms with Crippen LogP contribution in [0.3, 0.4) is 0 Å². The predicted molar refractivity (Wildman–Crippen MR) is 88.6 cm³/mol.